The van der Waals surface area contributed by atoms with Crippen LogP contribution >= 0.6 is 0 Å². The third kappa shape index (κ3) is 11.3. The van der Waals surface area contributed by atoms with E-state index in [1.165, 1.54) is 12.0 Å². The average Bonchev–Trinajstić information content (AvgIpc) is 3.05. The van der Waals surface area contributed by atoms with Crippen LogP contribution in [-0.4, -0.2) is 90.6 Å². The molecule has 0 aliphatic carbocycles. The quantitative estimate of drug-likeness (QED) is 0.245. The number of nitrogens with one attached hydrogen (secondary N) is 1. The number of nitrogens with two attached hydrogens (primary N) is 1. The molecule has 0 aromatic heterocycles. The number of carbonyl (C=O) groups is 4. The lowest BCUT2D eigenvalue weighted by Gasteiger charge is -2.32. The summed E-state index contributed by atoms with van der Waals surface area (Å²) in [4.78, 5) is 54.9. The van der Waals surface area contributed by atoms with Gasteiger partial charge in [-0.05, 0) is 55.4 Å². The summed E-state index contributed by atoms with van der Waals surface area (Å²) in [6.45, 7) is 1.37. The van der Waals surface area contributed by atoms with Gasteiger partial charge in [0.05, 0.1) is 26.7 Å². The smallest absolute Gasteiger partial charge is 0.306 e. The SMILES string of the molecule is COC(=O)CCC(=O)N[C@@H](CCC(=O)N1CCCCC1)C(=O)N(Cc1cccc(OC)c1)C[C@@H](O)[C@@H](N)Cc1ccccc1. The zero-order chi connectivity index (χ0) is 31.9. The van der Waals surface area contributed by atoms with E-state index in [0.717, 1.165) is 30.4 Å². The van der Waals surface area contributed by atoms with Gasteiger partial charge < -0.3 is 35.4 Å². The number of aliphatic hydroxyl groups excluding tert-OH is 1. The van der Waals surface area contributed by atoms with Crippen molar-refractivity contribution in [2.75, 3.05) is 33.9 Å². The summed E-state index contributed by atoms with van der Waals surface area (Å²) >= 11 is 0. The molecule has 1 heterocycles. The van der Waals surface area contributed by atoms with Crippen LogP contribution in [0, 0.1) is 0 Å². The first-order valence-electron chi connectivity index (χ1n) is 15.2. The Morgan fingerprint density at radius 3 is 2.34 bits per heavy atom. The molecule has 3 amide bonds. The lowest BCUT2D eigenvalue weighted by Crippen LogP contribution is -2.53. The Bertz CT molecular complexity index is 1220. The van der Waals surface area contributed by atoms with E-state index in [2.05, 4.69) is 10.1 Å². The summed E-state index contributed by atoms with van der Waals surface area (Å²) in [6.07, 6.45) is 2.11. The Hall–Kier alpha value is -3.96. The van der Waals surface area contributed by atoms with Gasteiger partial charge >= 0.3 is 5.97 Å². The predicted octanol–water partition coefficient (Wildman–Crippen LogP) is 2.19. The molecule has 0 spiro atoms. The van der Waals surface area contributed by atoms with Crippen molar-refractivity contribution in [1.29, 1.82) is 0 Å². The fourth-order valence-corrected chi connectivity index (χ4v) is 5.24. The molecule has 2 aromatic carbocycles. The summed E-state index contributed by atoms with van der Waals surface area (Å²) in [5.74, 6) is -0.983. The largest absolute Gasteiger partial charge is 0.497 e. The van der Waals surface area contributed by atoms with Crippen LogP contribution in [0.5, 0.6) is 5.75 Å². The molecule has 0 unspecified atom stereocenters. The molecule has 240 valence electrons. The number of carbonyl (C=O) groups excluding carboxylic acids is 4. The van der Waals surface area contributed by atoms with Gasteiger partial charge in [0.2, 0.25) is 17.7 Å². The normalized spacial score (nSPS) is 15.0. The van der Waals surface area contributed by atoms with Crippen LogP contribution in [0.1, 0.15) is 56.1 Å². The lowest BCUT2D eigenvalue weighted by atomic mass is 10.0. The number of likely N-dealkylation sites (tertiary alicyclic amines) is 1. The molecule has 1 fully saturated rings. The number of ether oxygens (including phenoxy) is 2. The van der Waals surface area contributed by atoms with Crippen LogP contribution in [0.4, 0.5) is 0 Å². The first-order valence-corrected chi connectivity index (χ1v) is 15.2. The van der Waals surface area contributed by atoms with Crippen LogP contribution in [-0.2, 0) is 36.9 Å². The van der Waals surface area contributed by atoms with Crippen molar-refractivity contribution in [3.8, 4) is 5.75 Å². The van der Waals surface area contributed by atoms with Gasteiger partial charge in [0.1, 0.15) is 11.8 Å². The monoisotopic (exact) mass is 610 g/mol. The first-order chi connectivity index (χ1) is 21.2. The van der Waals surface area contributed by atoms with Crippen LogP contribution < -0.4 is 15.8 Å². The fourth-order valence-electron chi connectivity index (χ4n) is 5.24. The van der Waals surface area contributed by atoms with Crippen molar-refractivity contribution >= 4 is 23.7 Å². The topological polar surface area (TPSA) is 152 Å². The fraction of sp³-hybridized carbons (Fsp3) is 0.515. The second-order valence-corrected chi connectivity index (χ2v) is 11.2. The second kappa shape index (κ2) is 18.0. The Kier molecular flexibility index (Phi) is 14.1. The first kappa shape index (κ1) is 34.5. The molecule has 1 aliphatic rings. The third-order valence-electron chi connectivity index (χ3n) is 7.81. The number of amides is 3. The average molecular weight is 611 g/mol. The van der Waals surface area contributed by atoms with Crippen LogP contribution in [0.2, 0.25) is 0 Å². The number of aliphatic hydroxyl groups is 1. The van der Waals surface area contributed by atoms with Crippen molar-refractivity contribution in [3.05, 3.63) is 65.7 Å². The van der Waals surface area contributed by atoms with E-state index in [4.69, 9.17) is 10.5 Å². The molecular formula is C33H46N4O7. The molecule has 0 radical (unpaired) electrons. The van der Waals surface area contributed by atoms with E-state index >= 15 is 0 Å². The number of benzene rings is 2. The van der Waals surface area contributed by atoms with Gasteiger partial charge in [-0.1, -0.05) is 42.5 Å². The van der Waals surface area contributed by atoms with Crippen molar-refractivity contribution in [2.45, 2.75) is 76.1 Å². The van der Waals surface area contributed by atoms with Crippen LogP contribution in [0.15, 0.2) is 54.6 Å². The molecule has 3 rings (SSSR count). The minimum atomic E-state index is -1.07. The van der Waals surface area contributed by atoms with Crippen molar-refractivity contribution in [2.24, 2.45) is 5.73 Å². The van der Waals surface area contributed by atoms with E-state index in [-0.39, 0.29) is 44.7 Å². The zero-order valence-electron chi connectivity index (χ0n) is 25.8. The zero-order valence-corrected chi connectivity index (χ0v) is 25.8. The van der Waals surface area contributed by atoms with Crippen molar-refractivity contribution in [1.82, 2.24) is 15.1 Å². The molecule has 44 heavy (non-hydrogen) atoms. The number of nitrogens with zero attached hydrogens (tertiary/aromatic N) is 2. The van der Waals surface area contributed by atoms with E-state index in [9.17, 15) is 24.3 Å². The van der Waals surface area contributed by atoms with E-state index < -0.39 is 36.0 Å². The van der Waals surface area contributed by atoms with Gasteiger partial charge in [0.25, 0.3) is 0 Å². The second-order valence-electron chi connectivity index (χ2n) is 11.2. The number of rotatable bonds is 16. The van der Waals surface area contributed by atoms with Gasteiger partial charge in [-0.25, -0.2) is 0 Å². The minimum absolute atomic E-state index is 0.0662. The molecule has 11 heteroatoms. The standard InChI is InChI=1S/C33H46N4O7/c1-43-26-13-9-12-25(20-26)22-37(23-29(38)27(34)21-24-10-5-3-6-11-24)33(42)28(35-30(39)15-17-32(41)44-2)14-16-31(40)36-18-7-4-8-19-36/h3,5-6,9-13,20,27-29,38H,4,7-8,14-19,21-23,34H2,1-2H3,(H,35,39)/t27-,28-,29+/m0/s1. The van der Waals surface area contributed by atoms with Gasteiger partial charge in [-0.2, -0.15) is 0 Å². The molecule has 3 atom stereocenters. The Morgan fingerprint density at radius 2 is 1.66 bits per heavy atom. The number of esters is 1. The number of hydrogen-bond acceptors (Lipinski definition) is 8. The maximum Gasteiger partial charge on any atom is 0.306 e. The molecule has 2 aromatic rings. The number of hydrogen-bond donors (Lipinski definition) is 3. The summed E-state index contributed by atoms with van der Waals surface area (Å²) in [5.41, 5.74) is 8.09. The third-order valence-corrected chi connectivity index (χ3v) is 7.81. The highest BCUT2D eigenvalue weighted by atomic mass is 16.5. The van der Waals surface area contributed by atoms with E-state index in [0.29, 0.717) is 25.3 Å². The highest BCUT2D eigenvalue weighted by Crippen LogP contribution is 2.18. The van der Waals surface area contributed by atoms with Gasteiger partial charge in [0, 0.05) is 45.1 Å². The highest BCUT2D eigenvalue weighted by Gasteiger charge is 2.30. The van der Waals surface area contributed by atoms with Gasteiger partial charge in [-0.15, -0.1) is 0 Å². The Morgan fingerprint density at radius 1 is 0.955 bits per heavy atom. The predicted molar refractivity (Wildman–Crippen MR) is 165 cm³/mol. The number of methoxy groups -OCH3 is 2. The molecule has 1 saturated heterocycles. The highest BCUT2D eigenvalue weighted by molar-refractivity contribution is 5.89. The van der Waals surface area contributed by atoms with Crippen LogP contribution in [0.25, 0.3) is 0 Å². The summed E-state index contributed by atoms with van der Waals surface area (Å²) in [6, 6.07) is 15.0. The molecule has 4 N–H and O–H groups in total. The molecule has 11 nitrogen and oxygen atoms in total. The van der Waals surface area contributed by atoms with Crippen molar-refractivity contribution < 1.29 is 33.8 Å². The summed E-state index contributed by atoms with van der Waals surface area (Å²) in [7, 11) is 2.79. The maximum atomic E-state index is 14.1. The van der Waals surface area contributed by atoms with E-state index in [1.807, 2.05) is 36.4 Å². The molecule has 1 aliphatic heterocycles. The van der Waals surface area contributed by atoms with Crippen LogP contribution in [0.3, 0.4) is 0 Å². The Balaban J connectivity index is 1.82. The number of piperidine rings is 1. The lowest BCUT2D eigenvalue weighted by molar-refractivity contribution is -0.142. The molecule has 0 bridgehead atoms. The maximum absolute atomic E-state index is 14.1. The Labute approximate surface area is 259 Å². The van der Waals surface area contributed by atoms with Gasteiger partial charge in [0.15, 0.2) is 0 Å². The van der Waals surface area contributed by atoms with Crippen molar-refractivity contribution in [3.63, 3.8) is 0 Å². The molecule has 0 saturated carbocycles. The van der Waals surface area contributed by atoms with E-state index in [1.54, 1.807) is 30.2 Å². The minimum Gasteiger partial charge on any atom is -0.497 e. The molecular weight excluding hydrogens is 564 g/mol. The summed E-state index contributed by atoms with van der Waals surface area (Å²) in [5, 5.41) is 13.9. The van der Waals surface area contributed by atoms with Gasteiger partial charge in [-0.3, -0.25) is 19.2 Å². The summed E-state index contributed by atoms with van der Waals surface area (Å²) < 4.78 is 9.99.